The molecule has 0 amide bonds. The van der Waals surface area contributed by atoms with Crippen molar-refractivity contribution in [3.05, 3.63) is 0 Å². The van der Waals surface area contributed by atoms with Crippen LogP contribution < -0.4 is 11.1 Å². The summed E-state index contributed by atoms with van der Waals surface area (Å²) in [6.45, 7) is 4.30. The van der Waals surface area contributed by atoms with Crippen LogP contribution in [0.4, 0.5) is 0 Å². The van der Waals surface area contributed by atoms with E-state index in [-0.39, 0.29) is 5.97 Å². The van der Waals surface area contributed by atoms with Gasteiger partial charge in [0.1, 0.15) is 6.04 Å². The molecule has 14 heavy (non-hydrogen) atoms. The number of piperidine rings is 1. The lowest BCUT2D eigenvalue weighted by molar-refractivity contribution is -0.145. The Morgan fingerprint density at radius 1 is 1.57 bits per heavy atom. The minimum Gasteiger partial charge on any atom is -0.465 e. The molecular formula is C10H20N2O2. The first-order chi connectivity index (χ1) is 6.74. The van der Waals surface area contributed by atoms with E-state index in [0.717, 1.165) is 32.4 Å². The molecule has 0 aromatic rings. The lowest BCUT2D eigenvalue weighted by atomic mass is 9.91. The Balaban J connectivity index is 2.24. The molecule has 4 nitrogen and oxygen atoms in total. The summed E-state index contributed by atoms with van der Waals surface area (Å²) in [7, 11) is 0. The summed E-state index contributed by atoms with van der Waals surface area (Å²) in [6, 6.07) is -0.432. The van der Waals surface area contributed by atoms with Gasteiger partial charge in [0.2, 0.25) is 0 Å². The standard InChI is InChI=1S/C10H20N2O2/c1-2-14-10(13)9(11)7-8-3-5-12-6-4-8/h8-9,12H,2-7,11H2,1H3. The van der Waals surface area contributed by atoms with Crippen molar-refractivity contribution in [1.29, 1.82) is 0 Å². The summed E-state index contributed by atoms with van der Waals surface area (Å²) in [4.78, 5) is 11.3. The maximum absolute atomic E-state index is 11.3. The summed E-state index contributed by atoms with van der Waals surface area (Å²) in [5.41, 5.74) is 5.74. The van der Waals surface area contributed by atoms with Crippen LogP contribution in [0.3, 0.4) is 0 Å². The van der Waals surface area contributed by atoms with Crippen LogP contribution in [0.5, 0.6) is 0 Å². The molecular weight excluding hydrogens is 180 g/mol. The molecule has 0 saturated carbocycles. The zero-order valence-electron chi connectivity index (χ0n) is 8.79. The molecule has 1 heterocycles. The fourth-order valence-electron chi connectivity index (χ4n) is 1.82. The molecule has 1 unspecified atom stereocenters. The van der Waals surface area contributed by atoms with E-state index >= 15 is 0 Å². The van der Waals surface area contributed by atoms with Crippen molar-refractivity contribution < 1.29 is 9.53 Å². The quantitative estimate of drug-likeness (QED) is 0.639. The highest BCUT2D eigenvalue weighted by atomic mass is 16.5. The molecule has 4 heteroatoms. The van der Waals surface area contributed by atoms with Crippen LogP contribution in [0.1, 0.15) is 26.2 Å². The van der Waals surface area contributed by atoms with E-state index in [1.54, 1.807) is 6.92 Å². The Morgan fingerprint density at radius 3 is 2.79 bits per heavy atom. The highest BCUT2D eigenvalue weighted by Gasteiger charge is 2.21. The van der Waals surface area contributed by atoms with E-state index in [9.17, 15) is 4.79 Å². The van der Waals surface area contributed by atoms with Crippen molar-refractivity contribution in [2.75, 3.05) is 19.7 Å². The van der Waals surface area contributed by atoms with Gasteiger partial charge in [0.05, 0.1) is 6.61 Å². The molecule has 1 rings (SSSR count). The Labute approximate surface area is 85.2 Å². The Hall–Kier alpha value is -0.610. The highest BCUT2D eigenvalue weighted by Crippen LogP contribution is 2.17. The molecule has 0 bridgehead atoms. The fourth-order valence-corrected chi connectivity index (χ4v) is 1.82. The second-order valence-electron chi connectivity index (χ2n) is 3.79. The van der Waals surface area contributed by atoms with Crippen LogP contribution in [0.15, 0.2) is 0 Å². The molecule has 0 radical (unpaired) electrons. The van der Waals surface area contributed by atoms with Crippen molar-refractivity contribution in [3.63, 3.8) is 0 Å². The number of hydrogen-bond donors (Lipinski definition) is 2. The van der Waals surface area contributed by atoms with E-state index < -0.39 is 6.04 Å². The molecule has 1 aliphatic rings. The van der Waals surface area contributed by atoms with Crippen LogP contribution in [0.25, 0.3) is 0 Å². The van der Waals surface area contributed by atoms with Crippen LogP contribution in [0.2, 0.25) is 0 Å². The number of rotatable bonds is 4. The van der Waals surface area contributed by atoms with Crippen molar-refractivity contribution in [3.8, 4) is 0 Å². The summed E-state index contributed by atoms with van der Waals surface area (Å²) in [5.74, 6) is 0.321. The van der Waals surface area contributed by atoms with Gasteiger partial charge >= 0.3 is 5.97 Å². The maximum Gasteiger partial charge on any atom is 0.322 e. The third-order valence-corrected chi connectivity index (χ3v) is 2.64. The number of nitrogens with two attached hydrogens (primary N) is 1. The van der Waals surface area contributed by atoms with Crippen LogP contribution in [-0.4, -0.2) is 31.7 Å². The molecule has 1 aliphatic heterocycles. The lowest BCUT2D eigenvalue weighted by Crippen LogP contribution is -2.37. The van der Waals surface area contributed by atoms with Gasteiger partial charge in [-0.15, -0.1) is 0 Å². The number of carbonyl (C=O) groups is 1. The second kappa shape index (κ2) is 5.98. The van der Waals surface area contributed by atoms with Gasteiger partial charge in [-0.05, 0) is 45.2 Å². The first-order valence-electron chi connectivity index (χ1n) is 5.37. The lowest BCUT2D eigenvalue weighted by Gasteiger charge is -2.24. The van der Waals surface area contributed by atoms with Gasteiger partial charge in [0, 0.05) is 0 Å². The van der Waals surface area contributed by atoms with E-state index in [1.807, 2.05) is 0 Å². The highest BCUT2D eigenvalue weighted by molar-refractivity contribution is 5.75. The summed E-state index contributed by atoms with van der Waals surface area (Å²) in [5, 5.41) is 3.29. The van der Waals surface area contributed by atoms with Crippen molar-refractivity contribution in [2.24, 2.45) is 11.7 Å². The number of esters is 1. The number of hydrogen-bond acceptors (Lipinski definition) is 4. The first-order valence-corrected chi connectivity index (χ1v) is 5.37. The van der Waals surface area contributed by atoms with Crippen molar-refractivity contribution >= 4 is 5.97 Å². The van der Waals surface area contributed by atoms with E-state index in [4.69, 9.17) is 10.5 Å². The van der Waals surface area contributed by atoms with Crippen LogP contribution >= 0.6 is 0 Å². The van der Waals surface area contributed by atoms with Crippen LogP contribution in [0, 0.1) is 5.92 Å². The Morgan fingerprint density at radius 2 is 2.21 bits per heavy atom. The fraction of sp³-hybridized carbons (Fsp3) is 0.900. The number of nitrogens with one attached hydrogen (secondary N) is 1. The van der Waals surface area contributed by atoms with Gasteiger partial charge in [-0.1, -0.05) is 0 Å². The molecule has 1 saturated heterocycles. The minimum atomic E-state index is -0.432. The second-order valence-corrected chi connectivity index (χ2v) is 3.79. The van der Waals surface area contributed by atoms with Gasteiger partial charge in [-0.2, -0.15) is 0 Å². The van der Waals surface area contributed by atoms with Gasteiger partial charge in [0.15, 0.2) is 0 Å². The van der Waals surface area contributed by atoms with E-state index in [0.29, 0.717) is 12.5 Å². The summed E-state index contributed by atoms with van der Waals surface area (Å²) >= 11 is 0. The van der Waals surface area contributed by atoms with Crippen molar-refractivity contribution in [2.45, 2.75) is 32.2 Å². The third kappa shape index (κ3) is 3.64. The van der Waals surface area contributed by atoms with E-state index in [1.165, 1.54) is 0 Å². The van der Waals surface area contributed by atoms with Crippen LogP contribution in [-0.2, 0) is 9.53 Å². The SMILES string of the molecule is CCOC(=O)C(N)CC1CCNCC1. The third-order valence-electron chi connectivity index (χ3n) is 2.64. The first kappa shape index (κ1) is 11.5. The molecule has 3 N–H and O–H groups in total. The normalized spacial score (nSPS) is 20.4. The molecule has 1 fully saturated rings. The average molecular weight is 200 g/mol. The Bertz CT molecular complexity index is 179. The zero-order valence-corrected chi connectivity index (χ0v) is 8.79. The average Bonchev–Trinajstić information content (AvgIpc) is 2.19. The monoisotopic (exact) mass is 200 g/mol. The van der Waals surface area contributed by atoms with E-state index in [2.05, 4.69) is 5.32 Å². The minimum absolute atomic E-state index is 0.258. The number of carbonyl (C=O) groups excluding carboxylic acids is 1. The van der Waals surface area contributed by atoms with Crippen molar-refractivity contribution in [1.82, 2.24) is 5.32 Å². The Kier molecular flexibility index (Phi) is 4.90. The van der Waals surface area contributed by atoms with Gasteiger partial charge in [0.25, 0.3) is 0 Å². The molecule has 0 aromatic carbocycles. The molecule has 1 atom stereocenters. The number of ether oxygens (including phenoxy) is 1. The van der Waals surface area contributed by atoms with Gasteiger partial charge < -0.3 is 15.8 Å². The zero-order chi connectivity index (χ0) is 10.4. The topological polar surface area (TPSA) is 64.3 Å². The smallest absolute Gasteiger partial charge is 0.322 e. The molecule has 0 aromatic heterocycles. The summed E-state index contributed by atoms with van der Waals surface area (Å²) in [6.07, 6.45) is 3.00. The predicted octanol–water partition coefficient (Wildman–Crippen LogP) is 0.267. The summed E-state index contributed by atoms with van der Waals surface area (Å²) < 4.78 is 4.87. The molecule has 0 spiro atoms. The molecule has 82 valence electrons. The largest absolute Gasteiger partial charge is 0.465 e. The molecule has 0 aliphatic carbocycles. The maximum atomic E-state index is 11.3. The predicted molar refractivity (Wildman–Crippen MR) is 54.8 cm³/mol. The van der Waals surface area contributed by atoms with Gasteiger partial charge in [-0.25, -0.2) is 0 Å². The van der Waals surface area contributed by atoms with Gasteiger partial charge in [-0.3, -0.25) is 4.79 Å².